The Kier molecular flexibility index (Phi) is 6.09. The van der Waals surface area contributed by atoms with Crippen LogP contribution in [0.4, 0.5) is 0 Å². The average molecular weight is 374 g/mol. The number of methoxy groups -OCH3 is 2. The van der Waals surface area contributed by atoms with Crippen LogP contribution in [0.2, 0.25) is 5.02 Å². The van der Waals surface area contributed by atoms with E-state index in [1.165, 1.54) is 0 Å². The van der Waals surface area contributed by atoms with Gasteiger partial charge in [-0.25, -0.2) is 0 Å². The summed E-state index contributed by atoms with van der Waals surface area (Å²) in [7, 11) is 3.26. The largest absolute Gasteiger partial charge is 0.493 e. The number of rotatable bonds is 8. The molecule has 26 heavy (non-hydrogen) atoms. The molecule has 0 fully saturated rings. The van der Waals surface area contributed by atoms with E-state index in [0.29, 0.717) is 23.3 Å². The second-order valence-corrected chi connectivity index (χ2v) is 6.06. The number of ether oxygens (including phenoxy) is 2. The smallest absolute Gasteiger partial charge is 0.247 e. The first kappa shape index (κ1) is 18.2. The van der Waals surface area contributed by atoms with Gasteiger partial charge in [0.05, 0.1) is 20.8 Å². The first-order valence-corrected chi connectivity index (χ1v) is 8.57. The predicted molar refractivity (Wildman–Crippen MR) is 99.7 cm³/mol. The van der Waals surface area contributed by atoms with Crippen LogP contribution >= 0.6 is 11.6 Å². The molecule has 136 valence electrons. The average Bonchev–Trinajstić information content (AvgIpc) is 3.14. The van der Waals surface area contributed by atoms with Crippen molar-refractivity contribution in [2.24, 2.45) is 0 Å². The third-order valence-electron chi connectivity index (χ3n) is 3.85. The molecule has 0 amide bonds. The van der Waals surface area contributed by atoms with Crippen LogP contribution in [0.5, 0.6) is 11.5 Å². The minimum atomic E-state index is 0.462. The lowest BCUT2D eigenvalue weighted by Crippen LogP contribution is -2.16. The molecule has 1 N–H and O–H groups in total. The van der Waals surface area contributed by atoms with Gasteiger partial charge in [0.2, 0.25) is 11.8 Å². The summed E-state index contributed by atoms with van der Waals surface area (Å²) in [5.74, 6) is 2.45. The zero-order valence-electron chi connectivity index (χ0n) is 14.7. The van der Waals surface area contributed by atoms with Crippen LogP contribution in [0.1, 0.15) is 11.5 Å². The minimum absolute atomic E-state index is 0.462. The summed E-state index contributed by atoms with van der Waals surface area (Å²) in [4.78, 5) is 0. The zero-order valence-corrected chi connectivity index (χ0v) is 15.4. The van der Waals surface area contributed by atoms with Crippen LogP contribution in [0, 0.1) is 0 Å². The number of aromatic nitrogens is 2. The van der Waals surface area contributed by atoms with E-state index in [0.717, 1.165) is 35.6 Å². The van der Waals surface area contributed by atoms with Gasteiger partial charge in [-0.1, -0.05) is 23.7 Å². The van der Waals surface area contributed by atoms with Crippen LogP contribution < -0.4 is 14.8 Å². The van der Waals surface area contributed by atoms with Gasteiger partial charge in [0.25, 0.3) is 0 Å². The summed E-state index contributed by atoms with van der Waals surface area (Å²) in [6.07, 6.45) is 0.843. The van der Waals surface area contributed by atoms with Gasteiger partial charge in [-0.2, -0.15) is 0 Å². The summed E-state index contributed by atoms with van der Waals surface area (Å²) < 4.78 is 16.2. The van der Waals surface area contributed by atoms with E-state index >= 15 is 0 Å². The summed E-state index contributed by atoms with van der Waals surface area (Å²) in [6.45, 7) is 1.27. The highest BCUT2D eigenvalue weighted by Gasteiger charge is 2.09. The molecule has 2 aromatic carbocycles. The van der Waals surface area contributed by atoms with Crippen molar-refractivity contribution in [3.8, 4) is 23.0 Å². The fraction of sp³-hybridized carbons (Fsp3) is 0.263. The fourth-order valence-corrected chi connectivity index (χ4v) is 2.72. The van der Waals surface area contributed by atoms with Crippen LogP contribution in [-0.4, -0.2) is 31.0 Å². The lowest BCUT2D eigenvalue weighted by Gasteiger charge is -2.09. The molecule has 6 nitrogen and oxygen atoms in total. The van der Waals surface area contributed by atoms with Crippen molar-refractivity contribution < 1.29 is 13.9 Å². The van der Waals surface area contributed by atoms with Crippen molar-refractivity contribution in [2.45, 2.75) is 13.0 Å². The summed E-state index contributed by atoms with van der Waals surface area (Å²) in [5.41, 5.74) is 1.96. The van der Waals surface area contributed by atoms with Crippen molar-refractivity contribution in [1.82, 2.24) is 15.5 Å². The standard InChI is InChI=1S/C19H20ClN3O3/c1-24-16-7-6-13(10-17(16)25-2)8-9-21-12-18-22-23-19(26-18)14-4-3-5-15(20)11-14/h3-7,10-11,21H,8-9,12H2,1-2H3. The molecule has 1 aromatic heterocycles. The van der Waals surface area contributed by atoms with E-state index in [-0.39, 0.29) is 0 Å². The molecule has 0 atom stereocenters. The Hall–Kier alpha value is -2.57. The van der Waals surface area contributed by atoms with Gasteiger partial charge >= 0.3 is 0 Å². The first-order valence-electron chi connectivity index (χ1n) is 8.19. The quantitative estimate of drug-likeness (QED) is 0.606. The van der Waals surface area contributed by atoms with Gasteiger partial charge in [0.1, 0.15) is 0 Å². The molecule has 0 bridgehead atoms. The Morgan fingerprint density at radius 3 is 2.65 bits per heavy atom. The molecule has 0 radical (unpaired) electrons. The van der Waals surface area contributed by atoms with Crippen molar-refractivity contribution in [3.63, 3.8) is 0 Å². The van der Waals surface area contributed by atoms with Crippen molar-refractivity contribution in [1.29, 1.82) is 0 Å². The zero-order chi connectivity index (χ0) is 18.4. The van der Waals surface area contributed by atoms with E-state index in [9.17, 15) is 0 Å². The highest BCUT2D eigenvalue weighted by molar-refractivity contribution is 6.30. The Morgan fingerprint density at radius 1 is 1.04 bits per heavy atom. The van der Waals surface area contributed by atoms with Gasteiger partial charge in [-0.05, 0) is 48.9 Å². The van der Waals surface area contributed by atoms with Gasteiger partial charge in [0, 0.05) is 10.6 Å². The molecule has 3 aromatic rings. The topological polar surface area (TPSA) is 69.4 Å². The maximum atomic E-state index is 5.98. The van der Waals surface area contributed by atoms with Gasteiger partial charge in [0.15, 0.2) is 11.5 Å². The van der Waals surface area contributed by atoms with Crippen LogP contribution in [0.15, 0.2) is 46.9 Å². The number of nitrogens with zero attached hydrogens (tertiary/aromatic N) is 2. The maximum Gasteiger partial charge on any atom is 0.247 e. The van der Waals surface area contributed by atoms with Crippen molar-refractivity contribution >= 4 is 11.6 Å². The third kappa shape index (κ3) is 4.53. The normalized spacial score (nSPS) is 10.7. The lowest BCUT2D eigenvalue weighted by atomic mass is 10.1. The molecular formula is C19H20ClN3O3. The Balaban J connectivity index is 1.51. The minimum Gasteiger partial charge on any atom is -0.493 e. The summed E-state index contributed by atoms with van der Waals surface area (Å²) in [6, 6.07) is 13.2. The Labute approximate surface area is 157 Å². The second kappa shape index (κ2) is 8.69. The van der Waals surface area contributed by atoms with Crippen LogP contribution in [0.3, 0.4) is 0 Å². The molecule has 0 unspecified atom stereocenters. The monoisotopic (exact) mass is 373 g/mol. The number of benzene rings is 2. The number of nitrogens with one attached hydrogen (secondary N) is 1. The van der Waals surface area contributed by atoms with E-state index in [1.807, 2.05) is 30.3 Å². The summed E-state index contributed by atoms with van der Waals surface area (Å²) in [5, 5.41) is 12.1. The first-order chi connectivity index (χ1) is 12.7. The highest BCUT2D eigenvalue weighted by Crippen LogP contribution is 2.27. The molecule has 0 aliphatic rings. The number of hydrogen-bond donors (Lipinski definition) is 1. The maximum absolute atomic E-state index is 5.98. The van der Waals surface area contributed by atoms with E-state index in [1.54, 1.807) is 26.4 Å². The van der Waals surface area contributed by atoms with Gasteiger partial charge in [-0.3, -0.25) is 0 Å². The van der Waals surface area contributed by atoms with Gasteiger partial charge in [-0.15, -0.1) is 10.2 Å². The number of hydrogen-bond acceptors (Lipinski definition) is 6. The SMILES string of the molecule is COc1ccc(CCNCc2nnc(-c3cccc(Cl)c3)o2)cc1OC. The van der Waals surface area contributed by atoms with Crippen molar-refractivity contribution in [2.75, 3.05) is 20.8 Å². The van der Waals surface area contributed by atoms with Crippen LogP contribution in [-0.2, 0) is 13.0 Å². The Bertz CT molecular complexity index is 867. The molecule has 0 saturated carbocycles. The molecule has 7 heteroatoms. The second-order valence-electron chi connectivity index (χ2n) is 5.63. The molecule has 0 aliphatic heterocycles. The van der Waals surface area contributed by atoms with E-state index < -0.39 is 0 Å². The molecular weight excluding hydrogens is 354 g/mol. The van der Waals surface area contributed by atoms with E-state index in [2.05, 4.69) is 15.5 Å². The molecule has 3 rings (SSSR count). The molecule has 0 aliphatic carbocycles. The van der Waals surface area contributed by atoms with Crippen LogP contribution in [0.25, 0.3) is 11.5 Å². The van der Waals surface area contributed by atoms with Gasteiger partial charge < -0.3 is 19.2 Å². The molecule has 0 saturated heterocycles. The third-order valence-corrected chi connectivity index (χ3v) is 4.09. The Morgan fingerprint density at radius 2 is 1.88 bits per heavy atom. The lowest BCUT2D eigenvalue weighted by molar-refractivity contribution is 0.354. The highest BCUT2D eigenvalue weighted by atomic mass is 35.5. The molecule has 0 spiro atoms. The number of halogens is 1. The summed E-state index contributed by atoms with van der Waals surface area (Å²) >= 11 is 5.98. The molecule has 1 heterocycles. The van der Waals surface area contributed by atoms with Crippen molar-refractivity contribution in [3.05, 3.63) is 58.9 Å². The van der Waals surface area contributed by atoms with E-state index in [4.69, 9.17) is 25.5 Å². The predicted octanol–water partition coefficient (Wildman–Crippen LogP) is 3.74. The fourth-order valence-electron chi connectivity index (χ4n) is 2.53.